The lowest BCUT2D eigenvalue weighted by Crippen LogP contribution is -2.30. The zero-order valence-corrected chi connectivity index (χ0v) is 18.7. The molecule has 3 aromatic carbocycles. The van der Waals surface area contributed by atoms with Crippen molar-refractivity contribution in [3.8, 4) is 5.75 Å². The molecule has 158 valence electrons. The Balaban J connectivity index is 1.89. The fourth-order valence-corrected chi connectivity index (χ4v) is 3.86. The standard InChI is InChI=1S/C23H24INO5/c1-2-29-21(12-13-26)22(18-14-16(24)10-11-20(18)27)30-23(28)25-19-9-5-7-15-6-3-4-8-17(15)19/h3-11,14,21-22,26-27H,2,12-13H2,1H3,(H,25,28)/t21-,22-/m1/s1. The third kappa shape index (κ3) is 5.41. The molecule has 0 aliphatic rings. The van der Waals surface area contributed by atoms with Gasteiger partial charge < -0.3 is 19.7 Å². The molecule has 0 bridgehead atoms. The number of fused-ring (bicyclic) bond motifs is 1. The van der Waals surface area contributed by atoms with Crippen LogP contribution in [0.5, 0.6) is 5.75 Å². The van der Waals surface area contributed by atoms with Crippen molar-refractivity contribution < 1.29 is 24.5 Å². The molecule has 3 N–H and O–H groups in total. The number of hydrogen-bond acceptors (Lipinski definition) is 5. The van der Waals surface area contributed by atoms with Gasteiger partial charge in [0.05, 0.1) is 5.69 Å². The Morgan fingerprint density at radius 2 is 1.90 bits per heavy atom. The molecular weight excluding hydrogens is 497 g/mol. The summed E-state index contributed by atoms with van der Waals surface area (Å²) in [6.07, 6.45) is -1.91. The number of aliphatic hydroxyl groups excluding tert-OH is 1. The molecule has 0 aromatic heterocycles. The molecule has 0 saturated carbocycles. The highest BCUT2D eigenvalue weighted by Gasteiger charge is 2.30. The van der Waals surface area contributed by atoms with E-state index in [2.05, 4.69) is 27.9 Å². The summed E-state index contributed by atoms with van der Waals surface area (Å²) in [6, 6.07) is 18.4. The number of carbonyl (C=O) groups excluding carboxylic acids is 1. The number of rotatable bonds is 8. The molecule has 0 unspecified atom stereocenters. The van der Waals surface area contributed by atoms with Gasteiger partial charge >= 0.3 is 6.09 Å². The van der Waals surface area contributed by atoms with Crippen LogP contribution in [0.25, 0.3) is 10.8 Å². The molecule has 30 heavy (non-hydrogen) atoms. The van der Waals surface area contributed by atoms with Crippen molar-refractivity contribution in [3.05, 3.63) is 69.8 Å². The molecule has 7 heteroatoms. The van der Waals surface area contributed by atoms with Crippen LogP contribution >= 0.6 is 22.6 Å². The Hall–Kier alpha value is -2.36. The van der Waals surface area contributed by atoms with Crippen molar-refractivity contribution in [3.63, 3.8) is 0 Å². The number of carbonyl (C=O) groups is 1. The largest absolute Gasteiger partial charge is 0.508 e. The van der Waals surface area contributed by atoms with E-state index < -0.39 is 18.3 Å². The molecule has 0 saturated heterocycles. The number of amides is 1. The van der Waals surface area contributed by atoms with Gasteiger partial charge in [-0.15, -0.1) is 0 Å². The van der Waals surface area contributed by atoms with Crippen molar-refractivity contribution in [2.24, 2.45) is 0 Å². The van der Waals surface area contributed by atoms with E-state index in [9.17, 15) is 15.0 Å². The van der Waals surface area contributed by atoms with Crippen LogP contribution in [0, 0.1) is 3.57 Å². The molecule has 2 atom stereocenters. The molecule has 0 spiro atoms. The second kappa shape index (κ2) is 10.6. The van der Waals surface area contributed by atoms with Crippen LogP contribution in [0.2, 0.25) is 0 Å². The Morgan fingerprint density at radius 1 is 1.13 bits per heavy atom. The van der Waals surface area contributed by atoms with Crippen LogP contribution in [0.1, 0.15) is 25.0 Å². The van der Waals surface area contributed by atoms with E-state index in [4.69, 9.17) is 9.47 Å². The molecule has 3 aromatic rings. The van der Waals surface area contributed by atoms with Crippen LogP contribution in [-0.2, 0) is 9.47 Å². The molecule has 3 rings (SSSR count). The monoisotopic (exact) mass is 521 g/mol. The molecule has 0 aliphatic carbocycles. The predicted molar refractivity (Wildman–Crippen MR) is 125 cm³/mol. The number of anilines is 1. The van der Waals surface area contributed by atoms with Crippen molar-refractivity contribution >= 4 is 45.1 Å². The first-order valence-electron chi connectivity index (χ1n) is 9.69. The van der Waals surface area contributed by atoms with Gasteiger partial charge in [-0.2, -0.15) is 0 Å². The fraction of sp³-hybridized carbons (Fsp3) is 0.261. The van der Waals surface area contributed by atoms with Gasteiger partial charge in [-0.3, -0.25) is 5.32 Å². The molecule has 1 amide bonds. The smallest absolute Gasteiger partial charge is 0.412 e. The zero-order valence-electron chi connectivity index (χ0n) is 16.5. The van der Waals surface area contributed by atoms with Crippen LogP contribution in [-0.4, -0.2) is 35.6 Å². The van der Waals surface area contributed by atoms with E-state index in [1.165, 1.54) is 0 Å². The van der Waals surface area contributed by atoms with Gasteiger partial charge in [0.25, 0.3) is 0 Å². The molecule has 0 fully saturated rings. The Labute approximate surface area is 189 Å². The number of aromatic hydroxyl groups is 1. The maximum absolute atomic E-state index is 12.8. The molecule has 6 nitrogen and oxygen atoms in total. The van der Waals surface area contributed by atoms with Crippen molar-refractivity contribution in [1.82, 2.24) is 0 Å². The topological polar surface area (TPSA) is 88.0 Å². The third-order valence-electron chi connectivity index (χ3n) is 4.69. The lowest BCUT2D eigenvalue weighted by atomic mass is 10.0. The molecule has 0 aliphatic heterocycles. The minimum atomic E-state index is -0.887. The quantitative estimate of drug-likeness (QED) is 0.354. The highest BCUT2D eigenvalue weighted by molar-refractivity contribution is 14.1. The lowest BCUT2D eigenvalue weighted by Gasteiger charge is -2.27. The first kappa shape index (κ1) is 22.3. The number of benzene rings is 3. The Bertz CT molecular complexity index is 999. The Morgan fingerprint density at radius 3 is 2.67 bits per heavy atom. The number of ether oxygens (including phenoxy) is 2. The second-order valence-corrected chi connectivity index (χ2v) is 7.93. The Kier molecular flexibility index (Phi) is 7.89. The minimum Gasteiger partial charge on any atom is -0.508 e. The summed E-state index contributed by atoms with van der Waals surface area (Å²) in [7, 11) is 0. The predicted octanol–water partition coefficient (Wildman–Crippen LogP) is 5.23. The van der Waals surface area contributed by atoms with E-state index in [1.807, 2.05) is 43.3 Å². The molecular formula is C23H24INO5. The highest BCUT2D eigenvalue weighted by Crippen LogP contribution is 2.34. The number of phenolic OH excluding ortho intramolecular Hbond substituents is 1. The van der Waals surface area contributed by atoms with Gasteiger partial charge in [0.1, 0.15) is 11.9 Å². The molecule has 0 radical (unpaired) electrons. The zero-order chi connectivity index (χ0) is 21.5. The van der Waals surface area contributed by atoms with Gasteiger partial charge in [-0.25, -0.2) is 4.79 Å². The van der Waals surface area contributed by atoms with E-state index in [1.54, 1.807) is 24.3 Å². The molecule has 0 heterocycles. The van der Waals surface area contributed by atoms with Crippen molar-refractivity contribution in [2.75, 3.05) is 18.5 Å². The maximum atomic E-state index is 12.8. The average molecular weight is 521 g/mol. The first-order valence-corrected chi connectivity index (χ1v) is 10.8. The summed E-state index contributed by atoms with van der Waals surface area (Å²) in [5.74, 6) is 0.000944. The van der Waals surface area contributed by atoms with Crippen LogP contribution in [0.4, 0.5) is 10.5 Å². The van der Waals surface area contributed by atoms with Gasteiger partial charge in [0.15, 0.2) is 6.10 Å². The second-order valence-electron chi connectivity index (χ2n) is 6.69. The summed E-state index contributed by atoms with van der Waals surface area (Å²) in [4.78, 5) is 12.8. The van der Waals surface area contributed by atoms with Crippen molar-refractivity contribution in [1.29, 1.82) is 0 Å². The summed E-state index contributed by atoms with van der Waals surface area (Å²) < 4.78 is 12.4. The third-order valence-corrected chi connectivity index (χ3v) is 5.36. The average Bonchev–Trinajstić information content (AvgIpc) is 2.74. The summed E-state index contributed by atoms with van der Waals surface area (Å²) >= 11 is 2.13. The van der Waals surface area contributed by atoms with Crippen LogP contribution in [0.15, 0.2) is 60.7 Å². The van der Waals surface area contributed by atoms with Crippen LogP contribution < -0.4 is 5.32 Å². The van der Waals surface area contributed by atoms with Gasteiger partial charge in [-0.05, 0) is 59.2 Å². The number of halogens is 1. The summed E-state index contributed by atoms with van der Waals surface area (Å²) in [5, 5.41) is 24.6. The minimum absolute atomic E-state index is 0.000944. The number of phenols is 1. The summed E-state index contributed by atoms with van der Waals surface area (Å²) in [5.41, 5.74) is 1.06. The summed E-state index contributed by atoms with van der Waals surface area (Å²) in [6.45, 7) is 2.06. The maximum Gasteiger partial charge on any atom is 0.412 e. The van der Waals surface area contributed by atoms with E-state index in [0.717, 1.165) is 14.3 Å². The van der Waals surface area contributed by atoms with E-state index >= 15 is 0 Å². The number of aliphatic hydroxyl groups is 1. The van der Waals surface area contributed by atoms with Gasteiger partial charge in [-0.1, -0.05) is 36.4 Å². The van der Waals surface area contributed by atoms with Gasteiger partial charge in [0, 0.05) is 34.2 Å². The van der Waals surface area contributed by atoms with E-state index in [-0.39, 0.29) is 18.8 Å². The van der Waals surface area contributed by atoms with Gasteiger partial charge in [0.2, 0.25) is 0 Å². The van der Waals surface area contributed by atoms with E-state index in [0.29, 0.717) is 17.9 Å². The fourth-order valence-electron chi connectivity index (χ4n) is 3.35. The first-order chi connectivity index (χ1) is 14.5. The SMILES string of the molecule is CCO[C@H](CCO)[C@H](OC(=O)Nc1cccc2ccccc12)c1cc(I)ccc1O. The van der Waals surface area contributed by atoms with Crippen LogP contribution in [0.3, 0.4) is 0 Å². The number of nitrogens with one attached hydrogen (secondary N) is 1. The number of hydrogen-bond donors (Lipinski definition) is 3. The van der Waals surface area contributed by atoms with Crippen molar-refractivity contribution in [2.45, 2.75) is 25.6 Å². The lowest BCUT2D eigenvalue weighted by molar-refractivity contribution is -0.0491. The highest BCUT2D eigenvalue weighted by atomic mass is 127. The normalized spacial score (nSPS) is 13.0.